The maximum atomic E-state index is 12.1. The molecule has 3 radical (unpaired) electrons. The second-order valence-electron chi connectivity index (χ2n) is 19.9. The summed E-state index contributed by atoms with van der Waals surface area (Å²) in [5, 5.41) is 8.29. The Bertz CT molecular complexity index is 2070. The molecular weight excluding hydrogens is 1110 g/mol. The molecule has 7 N–H and O–H groups in total. The van der Waals surface area contributed by atoms with Crippen LogP contribution in [0.1, 0.15) is 69.2 Å². The van der Waals surface area contributed by atoms with Crippen molar-refractivity contribution >= 4 is 97.6 Å². The van der Waals surface area contributed by atoms with Gasteiger partial charge < -0.3 is 51.6 Å². The summed E-state index contributed by atoms with van der Waals surface area (Å²) in [6.45, 7) is 24.3. The maximum Gasteiger partial charge on any atom is 0.446 e. The van der Waals surface area contributed by atoms with Gasteiger partial charge >= 0.3 is 18.4 Å². The first-order chi connectivity index (χ1) is 34.3. The minimum atomic E-state index is -4.64. The molecule has 5 amide bonds. The van der Waals surface area contributed by atoms with Gasteiger partial charge in [-0.3, -0.25) is 24.1 Å². The topological polar surface area (TPSA) is 324 Å². The van der Waals surface area contributed by atoms with E-state index in [0.29, 0.717) is 24.6 Å². The van der Waals surface area contributed by atoms with E-state index in [9.17, 15) is 62.4 Å². The number of hydrogen-bond acceptors (Lipinski definition) is 20. The van der Waals surface area contributed by atoms with Gasteiger partial charge in [0.05, 0.1) is 40.6 Å². The van der Waals surface area contributed by atoms with Gasteiger partial charge in [0.1, 0.15) is 23.3 Å². The predicted molar refractivity (Wildman–Crippen MR) is 292 cm³/mol. The van der Waals surface area contributed by atoms with E-state index in [4.69, 9.17) is 25.7 Å². The van der Waals surface area contributed by atoms with Crippen molar-refractivity contribution in [3.63, 3.8) is 0 Å². The minimum absolute atomic E-state index is 0. The largest absolute Gasteiger partial charge is 0.446 e. The van der Waals surface area contributed by atoms with Crippen molar-refractivity contribution < 1.29 is 76.7 Å². The Morgan fingerprint density at radius 3 is 1.14 bits per heavy atom. The number of halogens is 3. The van der Waals surface area contributed by atoms with Crippen LogP contribution in [0.2, 0.25) is 0 Å². The van der Waals surface area contributed by atoms with Crippen LogP contribution in [0, 0.1) is 0 Å². The zero-order valence-electron chi connectivity index (χ0n) is 45.6. The number of nitrogens with one attached hydrogen (secondary N) is 3. The molecule has 5 saturated heterocycles. The van der Waals surface area contributed by atoms with Crippen LogP contribution in [0.3, 0.4) is 0 Å². The molecule has 0 unspecified atom stereocenters. The molecule has 0 bridgehead atoms. The van der Waals surface area contributed by atoms with Gasteiger partial charge in [0.25, 0.3) is 0 Å². The quantitative estimate of drug-likeness (QED) is 0.165. The van der Waals surface area contributed by atoms with Crippen LogP contribution >= 0.6 is 23.5 Å². The van der Waals surface area contributed by atoms with Crippen molar-refractivity contribution in [2.24, 2.45) is 11.5 Å². The first-order valence-corrected chi connectivity index (χ1v) is 32.1. The predicted octanol–water partition coefficient (Wildman–Crippen LogP) is -0.0242. The van der Waals surface area contributed by atoms with Gasteiger partial charge in [0, 0.05) is 109 Å². The molecule has 32 heteroatoms. The molecule has 0 aromatic heterocycles. The molecule has 4 atom stereocenters. The number of sulfone groups is 3. The summed E-state index contributed by atoms with van der Waals surface area (Å²) in [5.41, 5.74) is 9.81. The third-order valence-corrected chi connectivity index (χ3v) is 17.0. The highest BCUT2D eigenvalue weighted by Crippen LogP contribution is 2.13. The van der Waals surface area contributed by atoms with Crippen LogP contribution in [0.25, 0.3) is 0 Å². The van der Waals surface area contributed by atoms with E-state index < -0.39 is 83.5 Å². The molecule has 5 rings (SSSR count). The number of hydrogen-bond donors (Lipinski definition) is 5. The number of aldehydes is 1. The van der Waals surface area contributed by atoms with Crippen molar-refractivity contribution in [1.29, 1.82) is 0 Å². The van der Waals surface area contributed by atoms with E-state index in [-0.39, 0.29) is 81.4 Å². The van der Waals surface area contributed by atoms with Crippen LogP contribution in [0.5, 0.6) is 0 Å². The van der Waals surface area contributed by atoms with Crippen molar-refractivity contribution in [1.82, 2.24) is 35.6 Å². The summed E-state index contributed by atoms with van der Waals surface area (Å²) >= 11 is 3.88. The van der Waals surface area contributed by atoms with E-state index in [1.54, 1.807) is 67.2 Å². The summed E-state index contributed by atoms with van der Waals surface area (Å²) in [5.74, 6) is 4.67. The molecule has 0 aromatic rings. The summed E-state index contributed by atoms with van der Waals surface area (Å²) in [6.07, 6.45) is -6.91. The van der Waals surface area contributed by atoms with Gasteiger partial charge in [0.2, 0.25) is 24.0 Å². The second-order valence-corrected chi connectivity index (χ2v) is 29.2. The summed E-state index contributed by atoms with van der Waals surface area (Å²) in [7, 11) is -8.67. The lowest BCUT2D eigenvalue weighted by molar-refractivity contribution is -0.156. The Balaban J connectivity index is 0. The number of nitrogens with two attached hydrogens (primary N) is 2. The molecule has 5 heterocycles. The van der Waals surface area contributed by atoms with Crippen LogP contribution in [0.15, 0.2) is 0 Å². The maximum absolute atomic E-state index is 12.1. The normalized spacial score (nSPS) is 20.7. The van der Waals surface area contributed by atoms with E-state index >= 15 is 0 Å². The number of nitrogens with zero attached hydrogens (tertiary/aromatic N) is 4. The van der Waals surface area contributed by atoms with Gasteiger partial charge in [-0.15, -0.1) is 0 Å². The molecule has 76 heavy (non-hydrogen) atoms. The molecule has 5 aliphatic rings. The number of alkyl halides is 3. The van der Waals surface area contributed by atoms with Crippen LogP contribution in [-0.4, -0.2) is 261 Å². The number of carbonyl (C=O) groups is 6. The monoisotopic (exact) mass is 1190 g/mol. The lowest BCUT2D eigenvalue weighted by Crippen LogP contribution is -2.52. The first-order valence-electron chi connectivity index (χ1n) is 24.4. The number of ether oxygens (including phenoxy) is 2. The van der Waals surface area contributed by atoms with Gasteiger partial charge in [-0.05, 0) is 69.2 Å². The van der Waals surface area contributed by atoms with Gasteiger partial charge in [-0.2, -0.15) is 36.7 Å². The first kappa shape index (κ1) is 74.9. The molecule has 23 nitrogen and oxygen atoms in total. The van der Waals surface area contributed by atoms with E-state index in [2.05, 4.69) is 20.9 Å². The van der Waals surface area contributed by atoms with Gasteiger partial charge in [0.15, 0.2) is 29.5 Å². The van der Waals surface area contributed by atoms with Crippen LogP contribution in [0.4, 0.5) is 22.8 Å². The average molecular weight is 1190 g/mol. The molecule has 5 fully saturated rings. The van der Waals surface area contributed by atoms with Crippen molar-refractivity contribution in [2.75, 3.05) is 130 Å². The number of carbonyl (C=O) groups excluding carboxylic acids is 6. The highest BCUT2D eigenvalue weighted by molar-refractivity contribution is 7.99. The molecule has 443 valence electrons. The third-order valence-electron chi connectivity index (χ3n) is 10.2. The highest BCUT2D eigenvalue weighted by Gasteiger charge is 2.31. The smallest absolute Gasteiger partial charge is 0.444 e. The summed E-state index contributed by atoms with van der Waals surface area (Å²) < 4.78 is 108. The third kappa shape index (κ3) is 37.6. The van der Waals surface area contributed by atoms with Crippen LogP contribution in [-0.2, 0) is 58.2 Å². The molecule has 0 saturated carbocycles. The number of alkyl carbamates (subject to hydrolysis) is 2. The average Bonchev–Trinajstić information content (AvgIpc) is 3.29. The standard InChI is InChI=1S/C12H22N2O5S.C12H22N2O3S.C7H14N2O3S.C7H16N2O2S.C4H9NS.C2HF3O.B/c1-9(13-11(16)19-12(2,3)4)10(15)14-5-7-20(17,18)8-6-14;1-9(13-11(16)17-12(2,3)4)10(15)14-5-7-18-8-6-14;1-6(8)7(10)9-2-4-13(11,12)5-3-9;1-7(8)6-9-2-4-12(10,11)5-3-9;1-3-6-4-2-5-1;3-2(4,5)1-6;/h9H,5-8H2,1-4H3,(H,13,16);9H,5-8H2,1-4H3,(H,13,16);6H,2-5,8H2,1H3;7H,2-6,8H2,1H3;5H,1-4H2;1H;/t2*9-;6-;7-;;;/m1111.../s1. The van der Waals surface area contributed by atoms with Gasteiger partial charge in [-0.25, -0.2) is 34.8 Å². The Hall–Kier alpha value is -3.14. The molecule has 5 aliphatic heterocycles. The number of amides is 5. The number of rotatable bonds is 7. The van der Waals surface area contributed by atoms with E-state index in [1.807, 2.05) is 30.4 Å². The lowest BCUT2D eigenvalue weighted by Gasteiger charge is -2.29. The fourth-order valence-electron chi connectivity index (χ4n) is 6.43. The van der Waals surface area contributed by atoms with E-state index in [0.717, 1.165) is 31.1 Å². The minimum Gasteiger partial charge on any atom is -0.444 e. The highest BCUT2D eigenvalue weighted by atomic mass is 32.2. The summed E-state index contributed by atoms with van der Waals surface area (Å²) in [6, 6.07) is -1.69. The Labute approximate surface area is 459 Å². The second kappa shape index (κ2) is 35.5. The summed E-state index contributed by atoms with van der Waals surface area (Å²) in [4.78, 5) is 74.1. The zero-order valence-corrected chi connectivity index (χ0v) is 49.7. The van der Waals surface area contributed by atoms with Gasteiger partial charge in [-0.1, -0.05) is 0 Å². The van der Waals surface area contributed by atoms with Crippen molar-refractivity contribution in [2.45, 2.75) is 111 Å². The van der Waals surface area contributed by atoms with Crippen LogP contribution < -0.4 is 27.4 Å². The van der Waals surface area contributed by atoms with Crippen molar-refractivity contribution in [3.05, 3.63) is 0 Å². The SMILES string of the molecule is C1CSCCN1.C[C@@H](N)C(=O)N1CCS(=O)(=O)CC1.C[C@@H](N)CN1CCS(=O)(=O)CC1.C[C@@H](NC(=O)OC(C)(C)C)C(=O)N1CCS(=O)(=O)CC1.C[C@@H](NC(=O)OC(C)(C)C)C(=O)N1CCSCC1.O=CC(F)(F)F.[B]. The molecule has 0 spiro atoms. The fraction of sp³-hybridized carbons (Fsp3) is 0.864. The Morgan fingerprint density at radius 2 is 0.882 bits per heavy atom. The number of thioether (sulfide) groups is 2. The molecule has 0 aliphatic carbocycles. The zero-order chi connectivity index (χ0) is 58.0. The lowest BCUT2D eigenvalue weighted by atomic mass is 10.2. The Morgan fingerprint density at radius 1 is 0.579 bits per heavy atom. The Kier molecular flexibility index (Phi) is 35.0. The molecule has 0 aromatic carbocycles. The van der Waals surface area contributed by atoms with Crippen molar-refractivity contribution in [3.8, 4) is 0 Å². The fourth-order valence-corrected chi connectivity index (χ4v) is 11.8. The molecular formula is C44H84BF3N9O14S5. The van der Waals surface area contributed by atoms with E-state index in [1.165, 1.54) is 34.4 Å².